The van der Waals surface area contributed by atoms with E-state index in [0.717, 1.165) is 28.4 Å². The van der Waals surface area contributed by atoms with Gasteiger partial charge in [-0.3, -0.25) is 0 Å². The third-order valence-corrected chi connectivity index (χ3v) is 4.66. The predicted octanol–water partition coefficient (Wildman–Crippen LogP) is 5.04. The van der Waals surface area contributed by atoms with Crippen LogP contribution in [0.4, 0.5) is 0 Å². The number of ether oxygens (including phenoxy) is 4. The maximum atomic E-state index is 6.05. The monoisotopic (exact) mass is 362 g/mol. The summed E-state index contributed by atoms with van der Waals surface area (Å²) < 4.78 is 23.3. The summed E-state index contributed by atoms with van der Waals surface area (Å²) in [7, 11) is 1.65. The summed E-state index contributed by atoms with van der Waals surface area (Å²) in [4.78, 5) is 0. The van der Waals surface area contributed by atoms with Crippen molar-refractivity contribution in [2.24, 2.45) is 0 Å². The maximum absolute atomic E-state index is 6.05. The van der Waals surface area contributed by atoms with E-state index in [4.69, 9.17) is 18.9 Å². The number of hydrogen-bond donors (Lipinski definition) is 0. The van der Waals surface area contributed by atoms with Crippen LogP contribution in [-0.4, -0.2) is 20.3 Å². The molecule has 0 unspecified atom stereocenters. The first-order chi connectivity index (χ1) is 13.2. The van der Waals surface area contributed by atoms with E-state index >= 15 is 0 Å². The number of rotatable bonds is 5. The lowest BCUT2D eigenvalue weighted by atomic mass is 9.97. The van der Waals surface area contributed by atoms with Gasteiger partial charge >= 0.3 is 0 Å². The van der Waals surface area contributed by atoms with Gasteiger partial charge in [-0.15, -0.1) is 0 Å². The van der Waals surface area contributed by atoms with Crippen molar-refractivity contribution in [2.45, 2.75) is 12.7 Å². The summed E-state index contributed by atoms with van der Waals surface area (Å²) in [6.45, 7) is 3.15. The summed E-state index contributed by atoms with van der Waals surface area (Å²) in [5.41, 5.74) is 3.07. The van der Waals surface area contributed by atoms with E-state index in [1.165, 1.54) is 5.56 Å². The third-order valence-electron chi connectivity index (χ3n) is 4.66. The Labute approximate surface area is 159 Å². The molecule has 0 spiro atoms. The topological polar surface area (TPSA) is 36.9 Å². The number of aryl methyl sites for hydroxylation is 1. The standard InChI is InChI=1S/C23H22O4/c1-17-3-9-21(10-4-17)27-22-13-7-19(8-14-22)23(25-15-16-26-23)18-5-11-20(24-2)12-6-18/h3-14H,15-16H2,1-2H3. The molecule has 1 heterocycles. The van der Waals surface area contributed by atoms with Crippen LogP contribution < -0.4 is 9.47 Å². The Morgan fingerprint density at radius 3 is 1.59 bits per heavy atom. The Kier molecular flexibility index (Phi) is 4.84. The van der Waals surface area contributed by atoms with Gasteiger partial charge in [0.1, 0.15) is 17.2 Å². The van der Waals surface area contributed by atoms with E-state index in [9.17, 15) is 0 Å². The molecule has 3 aromatic carbocycles. The average Bonchev–Trinajstić information content (AvgIpc) is 3.21. The van der Waals surface area contributed by atoms with Crippen LogP contribution >= 0.6 is 0 Å². The van der Waals surface area contributed by atoms with Gasteiger partial charge in [0, 0.05) is 11.1 Å². The molecule has 27 heavy (non-hydrogen) atoms. The van der Waals surface area contributed by atoms with Gasteiger partial charge in [0.15, 0.2) is 0 Å². The lowest BCUT2D eigenvalue weighted by molar-refractivity contribution is -0.129. The molecule has 0 radical (unpaired) electrons. The predicted molar refractivity (Wildman–Crippen MR) is 103 cm³/mol. The molecular weight excluding hydrogens is 340 g/mol. The fourth-order valence-corrected chi connectivity index (χ4v) is 3.21. The second kappa shape index (κ2) is 7.43. The maximum Gasteiger partial charge on any atom is 0.222 e. The van der Waals surface area contributed by atoms with Gasteiger partial charge in [-0.05, 0) is 67.6 Å². The smallest absolute Gasteiger partial charge is 0.222 e. The molecule has 0 N–H and O–H groups in total. The zero-order valence-electron chi connectivity index (χ0n) is 15.5. The Morgan fingerprint density at radius 2 is 1.11 bits per heavy atom. The van der Waals surface area contributed by atoms with Crippen molar-refractivity contribution in [3.8, 4) is 17.2 Å². The molecule has 0 aliphatic carbocycles. The molecule has 0 atom stereocenters. The SMILES string of the molecule is COc1ccc(C2(c3ccc(Oc4ccc(C)cc4)cc3)OCCO2)cc1. The van der Waals surface area contributed by atoms with Crippen molar-refractivity contribution >= 4 is 0 Å². The molecule has 1 fully saturated rings. The molecule has 138 valence electrons. The molecule has 4 rings (SSSR count). The van der Waals surface area contributed by atoms with Crippen molar-refractivity contribution < 1.29 is 18.9 Å². The van der Waals surface area contributed by atoms with E-state index in [1.54, 1.807) is 7.11 Å². The van der Waals surface area contributed by atoms with Crippen LogP contribution in [0.3, 0.4) is 0 Å². The first kappa shape index (κ1) is 17.6. The zero-order chi connectivity index (χ0) is 18.7. The first-order valence-electron chi connectivity index (χ1n) is 8.97. The summed E-state index contributed by atoms with van der Waals surface area (Å²) in [6.07, 6.45) is 0. The zero-order valence-corrected chi connectivity index (χ0v) is 15.5. The molecular formula is C23H22O4. The second-order valence-corrected chi connectivity index (χ2v) is 6.48. The van der Waals surface area contributed by atoms with Gasteiger partial charge < -0.3 is 18.9 Å². The van der Waals surface area contributed by atoms with Gasteiger partial charge in [-0.25, -0.2) is 0 Å². The fraction of sp³-hybridized carbons (Fsp3) is 0.217. The Hall–Kier alpha value is -2.82. The molecule has 4 nitrogen and oxygen atoms in total. The molecule has 0 aromatic heterocycles. The molecule has 0 bridgehead atoms. The van der Waals surface area contributed by atoms with Gasteiger partial charge in [-0.2, -0.15) is 0 Å². The van der Waals surface area contributed by atoms with Crippen LogP contribution in [0.15, 0.2) is 72.8 Å². The first-order valence-corrected chi connectivity index (χ1v) is 8.97. The van der Waals surface area contributed by atoms with E-state index in [-0.39, 0.29) is 0 Å². The van der Waals surface area contributed by atoms with Crippen molar-refractivity contribution in [3.05, 3.63) is 89.5 Å². The van der Waals surface area contributed by atoms with Gasteiger partial charge in [0.2, 0.25) is 5.79 Å². The Bertz CT molecular complexity index is 877. The van der Waals surface area contributed by atoms with E-state index in [0.29, 0.717) is 13.2 Å². The highest BCUT2D eigenvalue weighted by Gasteiger charge is 2.40. The molecule has 4 heteroatoms. The average molecular weight is 362 g/mol. The quantitative estimate of drug-likeness (QED) is 0.637. The number of methoxy groups -OCH3 is 1. The highest BCUT2D eigenvalue weighted by molar-refractivity contribution is 5.41. The van der Waals surface area contributed by atoms with E-state index < -0.39 is 5.79 Å². The van der Waals surface area contributed by atoms with Crippen molar-refractivity contribution in [1.82, 2.24) is 0 Å². The summed E-state index contributed by atoms with van der Waals surface area (Å²) >= 11 is 0. The molecule has 1 saturated heterocycles. The summed E-state index contributed by atoms with van der Waals surface area (Å²) in [6, 6.07) is 23.6. The molecule has 1 aliphatic rings. The minimum Gasteiger partial charge on any atom is -0.497 e. The molecule has 0 amide bonds. The Morgan fingerprint density at radius 1 is 0.667 bits per heavy atom. The molecule has 0 saturated carbocycles. The van der Waals surface area contributed by atoms with Crippen molar-refractivity contribution in [3.63, 3.8) is 0 Å². The highest BCUT2D eigenvalue weighted by atomic mass is 16.7. The third kappa shape index (κ3) is 3.54. The number of hydrogen-bond acceptors (Lipinski definition) is 4. The van der Waals surface area contributed by atoms with Gasteiger partial charge in [-0.1, -0.05) is 17.7 Å². The van der Waals surface area contributed by atoms with Crippen LogP contribution in [0.5, 0.6) is 17.2 Å². The summed E-state index contributed by atoms with van der Waals surface area (Å²) in [5, 5.41) is 0. The summed E-state index contributed by atoms with van der Waals surface area (Å²) in [5.74, 6) is 1.49. The van der Waals surface area contributed by atoms with Crippen LogP contribution in [0.25, 0.3) is 0 Å². The molecule has 3 aromatic rings. The lowest BCUT2D eigenvalue weighted by Crippen LogP contribution is -2.28. The van der Waals surface area contributed by atoms with Gasteiger partial charge in [0.05, 0.1) is 20.3 Å². The normalized spacial score (nSPS) is 15.5. The largest absolute Gasteiger partial charge is 0.497 e. The number of benzene rings is 3. The second-order valence-electron chi connectivity index (χ2n) is 6.48. The minimum absolute atomic E-state index is 0.549. The van der Waals surface area contributed by atoms with Crippen LogP contribution in [0.2, 0.25) is 0 Å². The van der Waals surface area contributed by atoms with Crippen LogP contribution in [-0.2, 0) is 15.3 Å². The highest BCUT2D eigenvalue weighted by Crippen LogP contribution is 2.39. The van der Waals surface area contributed by atoms with Crippen molar-refractivity contribution in [2.75, 3.05) is 20.3 Å². The van der Waals surface area contributed by atoms with E-state index in [1.807, 2.05) is 72.8 Å². The van der Waals surface area contributed by atoms with Gasteiger partial charge in [0.25, 0.3) is 0 Å². The van der Waals surface area contributed by atoms with Crippen LogP contribution in [0, 0.1) is 6.92 Å². The Balaban J connectivity index is 1.60. The molecule has 1 aliphatic heterocycles. The van der Waals surface area contributed by atoms with Crippen LogP contribution in [0.1, 0.15) is 16.7 Å². The van der Waals surface area contributed by atoms with E-state index in [2.05, 4.69) is 6.92 Å². The van der Waals surface area contributed by atoms with Crippen molar-refractivity contribution in [1.29, 1.82) is 0 Å². The lowest BCUT2D eigenvalue weighted by Gasteiger charge is -2.28. The fourth-order valence-electron chi connectivity index (χ4n) is 3.21. The minimum atomic E-state index is -0.894.